The van der Waals surface area contributed by atoms with E-state index in [9.17, 15) is 4.79 Å². The van der Waals surface area contributed by atoms with Gasteiger partial charge in [-0.1, -0.05) is 42.5 Å². The number of benzene rings is 2. The molecule has 1 amide bonds. The fraction of sp³-hybridized carbons (Fsp3) is 0.389. The molecule has 21 heavy (non-hydrogen) atoms. The van der Waals surface area contributed by atoms with Crippen LogP contribution in [0.3, 0.4) is 0 Å². The van der Waals surface area contributed by atoms with Gasteiger partial charge in [0.1, 0.15) is 0 Å². The smallest absolute Gasteiger partial charge is 0.220 e. The van der Waals surface area contributed by atoms with Crippen molar-refractivity contribution in [3.63, 3.8) is 0 Å². The van der Waals surface area contributed by atoms with Gasteiger partial charge in [-0.3, -0.25) is 4.79 Å². The van der Waals surface area contributed by atoms with Crippen molar-refractivity contribution in [3.8, 4) is 0 Å². The number of carbonyl (C=O) groups excluding carboxylic acids is 1. The zero-order valence-electron chi connectivity index (χ0n) is 12.2. The van der Waals surface area contributed by atoms with E-state index in [1.54, 1.807) is 0 Å². The predicted molar refractivity (Wildman–Crippen MR) is 84.3 cm³/mol. The second kappa shape index (κ2) is 6.72. The summed E-state index contributed by atoms with van der Waals surface area (Å²) in [5.41, 5.74) is 1.25. The van der Waals surface area contributed by atoms with E-state index >= 15 is 0 Å². The number of nitrogens with one attached hydrogen (secondary N) is 1. The van der Waals surface area contributed by atoms with Gasteiger partial charge < -0.3 is 10.1 Å². The third kappa shape index (κ3) is 3.61. The minimum atomic E-state index is 0.148. The van der Waals surface area contributed by atoms with Crippen LogP contribution in [0, 0.1) is 0 Å². The number of amides is 1. The Bertz CT molecular complexity index is 612. The molecule has 0 bridgehead atoms. The van der Waals surface area contributed by atoms with E-state index in [4.69, 9.17) is 4.74 Å². The van der Waals surface area contributed by atoms with E-state index in [1.165, 1.54) is 16.3 Å². The lowest BCUT2D eigenvalue weighted by Gasteiger charge is -2.23. The molecule has 1 heterocycles. The normalized spacial score (nSPS) is 16.0. The number of hydrogen-bond donors (Lipinski definition) is 1. The lowest BCUT2D eigenvalue weighted by Crippen LogP contribution is -2.38. The van der Waals surface area contributed by atoms with Crippen LogP contribution < -0.4 is 5.32 Å². The monoisotopic (exact) mass is 283 g/mol. The Kier molecular flexibility index (Phi) is 4.51. The summed E-state index contributed by atoms with van der Waals surface area (Å²) in [5.74, 6) is 0.148. The van der Waals surface area contributed by atoms with Crippen molar-refractivity contribution in [2.75, 3.05) is 13.2 Å². The summed E-state index contributed by atoms with van der Waals surface area (Å²) < 4.78 is 5.31. The Morgan fingerprint density at radius 2 is 1.86 bits per heavy atom. The van der Waals surface area contributed by atoms with Gasteiger partial charge in [0.25, 0.3) is 0 Å². The maximum atomic E-state index is 12.1. The highest BCUT2D eigenvalue weighted by Crippen LogP contribution is 2.19. The van der Waals surface area contributed by atoms with Crippen LogP contribution in [0.2, 0.25) is 0 Å². The molecule has 0 radical (unpaired) electrons. The van der Waals surface area contributed by atoms with E-state index in [1.807, 2.05) is 12.1 Å². The van der Waals surface area contributed by atoms with Gasteiger partial charge in [0, 0.05) is 25.7 Å². The molecule has 1 aliphatic heterocycles. The highest BCUT2D eigenvalue weighted by atomic mass is 16.5. The first kappa shape index (κ1) is 14.1. The van der Waals surface area contributed by atoms with Gasteiger partial charge in [-0.2, -0.15) is 0 Å². The summed E-state index contributed by atoms with van der Waals surface area (Å²) in [6, 6.07) is 14.9. The fourth-order valence-electron chi connectivity index (χ4n) is 2.90. The summed E-state index contributed by atoms with van der Waals surface area (Å²) >= 11 is 0. The van der Waals surface area contributed by atoms with E-state index < -0.39 is 0 Å². The lowest BCUT2D eigenvalue weighted by molar-refractivity contribution is -0.122. The molecule has 0 atom stereocenters. The molecule has 2 aromatic carbocycles. The Morgan fingerprint density at radius 1 is 1.10 bits per heavy atom. The van der Waals surface area contributed by atoms with E-state index in [2.05, 4.69) is 35.6 Å². The van der Waals surface area contributed by atoms with Crippen LogP contribution in [0.4, 0.5) is 0 Å². The van der Waals surface area contributed by atoms with Crippen molar-refractivity contribution in [1.29, 1.82) is 0 Å². The molecule has 3 heteroatoms. The van der Waals surface area contributed by atoms with Crippen molar-refractivity contribution >= 4 is 16.7 Å². The van der Waals surface area contributed by atoms with Gasteiger partial charge >= 0.3 is 0 Å². The predicted octanol–water partition coefficient (Wildman–Crippen LogP) is 3.07. The molecule has 3 rings (SSSR count). The molecule has 1 aliphatic rings. The second-order valence-corrected chi connectivity index (χ2v) is 5.59. The van der Waals surface area contributed by atoms with Crippen LogP contribution in [0.1, 0.15) is 24.8 Å². The summed E-state index contributed by atoms with van der Waals surface area (Å²) in [4.78, 5) is 12.1. The Balaban J connectivity index is 1.59. The molecule has 1 saturated heterocycles. The number of carbonyl (C=O) groups is 1. The van der Waals surface area contributed by atoms with Gasteiger partial charge in [-0.15, -0.1) is 0 Å². The molecule has 110 valence electrons. The summed E-state index contributed by atoms with van der Waals surface area (Å²) in [7, 11) is 0. The number of ether oxygens (including phenoxy) is 1. The lowest BCUT2D eigenvalue weighted by atomic mass is 10.0. The Hall–Kier alpha value is -1.87. The van der Waals surface area contributed by atoms with Crippen LogP contribution in [-0.4, -0.2) is 25.2 Å². The maximum absolute atomic E-state index is 12.1. The first-order valence-corrected chi connectivity index (χ1v) is 7.67. The van der Waals surface area contributed by atoms with Crippen LogP contribution in [0.25, 0.3) is 10.8 Å². The van der Waals surface area contributed by atoms with Crippen molar-refractivity contribution in [1.82, 2.24) is 5.32 Å². The van der Waals surface area contributed by atoms with Gasteiger partial charge in [0.05, 0.1) is 0 Å². The first-order valence-electron chi connectivity index (χ1n) is 7.67. The van der Waals surface area contributed by atoms with Crippen molar-refractivity contribution in [2.45, 2.75) is 31.7 Å². The standard InChI is InChI=1S/C18H21NO2/c20-18(19-16-10-12-21-13-11-16)9-8-15-6-3-5-14-4-1-2-7-17(14)15/h1-7,16H,8-13H2,(H,19,20). The van der Waals surface area contributed by atoms with Crippen LogP contribution in [-0.2, 0) is 16.0 Å². The molecule has 1 N–H and O–H groups in total. The molecular weight excluding hydrogens is 262 g/mol. The number of hydrogen-bond acceptors (Lipinski definition) is 2. The molecule has 3 nitrogen and oxygen atoms in total. The summed E-state index contributed by atoms with van der Waals surface area (Å²) in [5, 5.41) is 5.60. The zero-order valence-corrected chi connectivity index (χ0v) is 12.2. The molecular formula is C18H21NO2. The zero-order chi connectivity index (χ0) is 14.5. The van der Waals surface area contributed by atoms with Crippen LogP contribution in [0.15, 0.2) is 42.5 Å². The third-order valence-corrected chi connectivity index (χ3v) is 4.09. The largest absolute Gasteiger partial charge is 0.381 e. The van der Waals surface area contributed by atoms with Crippen molar-refractivity contribution in [2.24, 2.45) is 0 Å². The molecule has 0 saturated carbocycles. The maximum Gasteiger partial charge on any atom is 0.220 e. The molecule has 0 aliphatic carbocycles. The third-order valence-electron chi connectivity index (χ3n) is 4.09. The number of fused-ring (bicyclic) bond motifs is 1. The molecule has 2 aromatic rings. The summed E-state index contributed by atoms with van der Waals surface area (Å²) in [6.45, 7) is 1.52. The average Bonchev–Trinajstić information content (AvgIpc) is 2.54. The summed E-state index contributed by atoms with van der Waals surface area (Å²) in [6.07, 6.45) is 3.20. The van der Waals surface area contributed by atoms with Crippen LogP contribution >= 0.6 is 0 Å². The molecule has 0 aromatic heterocycles. The molecule has 1 fully saturated rings. The van der Waals surface area contributed by atoms with E-state index in [0.717, 1.165) is 32.5 Å². The van der Waals surface area contributed by atoms with Gasteiger partial charge in [0.15, 0.2) is 0 Å². The van der Waals surface area contributed by atoms with Gasteiger partial charge in [-0.25, -0.2) is 0 Å². The quantitative estimate of drug-likeness (QED) is 0.936. The minimum Gasteiger partial charge on any atom is -0.381 e. The SMILES string of the molecule is O=C(CCc1cccc2ccccc12)NC1CCOCC1. The topological polar surface area (TPSA) is 38.3 Å². The van der Waals surface area contributed by atoms with Gasteiger partial charge in [-0.05, 0) is 35.6 Å². The molecule has 0 unspecified atom stereocenters. The highest BCUT2D eigenvalue weighted by Gasteiger charge is 2.15. The van der Waals surface area contributed by atoms with Crippen molar-refractivity contribution in [3.05, 3.63) is 48.0 Å². The second-order valence-electron chi connectivity index (χ2n) is 5.59. The number of rotatable bonds is 4. The van der Waals surface area contributed by atoms with Gasteiger partial charge in [0.2, 0.25) is 5.91 Å². The highest BCUT2D eigenvalue weighted by molar-refractivity contribution is 5.86. The average molecular weight is 283 g/mol. The number of aryl methyl sites for hydroxylation is 1. The Morgan fingerprint density at radius 3 is 2.71 bits per heavy atom. The van der Waals surface area contributed by atoms with Crippen molar-refractivity contribution < 1.29 is 9.53 Å². The van der Waals surface area contributed by atoms with E-state index in [0.29, 0.717) is 12.5 Å². The fourth-order valence-corrected chi connectivity index (χ4v) is 2.90. The molecule has 0 spiro atoms. The van der Waals surface area contributed by atoms with E-state index in [-0.39, 0.29) is 5.91 Å². The Labute approximate surface area is 125 Å². The first-order chi connectivity index (χ1) is 10.3. The minimum absolute atomic E-state index is 0.148. The van der Waals surface area contributed by atoms with Crippen LogP contribution in [0.5, 0.6) is 0 Å².